The summed E-state index contributed by atoms with van der Waals surface area (Å²) in [6.45, 7) is 4.46. The Bertz CT molecular complexity index is 1090. The number of rotatable bonds is 7. The molecule has 0 unspecified atom stereocenters. The molecule has 1 amide bonds. The normalized spacial score (nSPS) is 14.8. The molecule has 1 N–H and O–H groups in total. The molecule has 0 radical (unpaired) electrons. The van der Waals surface area contributed by atoms with Crippen molar-refractivity contribution in [3.63, 3.8) is 0 Å². The fourth-order valence-electron chi connectivity index (χ4n) is 4.81. The number of fused-ring (bicyclic) bond motifs is 1. The van der Waals surface area contributed by atoms with Gasteiger partial charge in [0, 0.05) is 29.4 Å². The zero-order chi connectivity index (χ0) is 22.7. The van der Waals surface area contributed by atoms with Gasteiger partial charge < -0.3 is 19.3 Å². The average Bonchev–Trinajstić information content (AvgIpc) is 3.17. The molecule has 4 rings (SSSR count). The molecule has 2 aromatic heterocycles. The van der Waals surface area contributed by atoms with Crippen molar-refractivity contribution in [2.45, 2.75) is 71.2 Å². The molecule has 1 fully saturated rings. The molecule has 1 aliphatic rings. The summed E-state index contributed by atoms with van der Waals surface area (Å²) in [5.74, 6) is 1.26. The number of hydrogen-bond donors (Lipinski definition) is 1. The maximum atomic E-state index is 13.5. The molecule has 1 saturated carbocycles. The molecule has 2 heterocycles. The number of hydrogen-bond acceptors (Lipinski definition) is 5. The van der Waals surface area contributed by atoms with Crippen molar-refractivity contribution in [2.24, 2.45) is 0 Å². The Hall–Kier alpha value is -2.93. The number of aromatic nitrogens is 3. The molecule has 0 atom stereocenters. The third-order valence-corrected chi connectivity index (χ3v) is 6.37. The molecular formula is C25H32N4O3. The maximum absolute atomic E-state index is 13.5. The van der Waals surface area contributed by atoms with Gasteiger partial charge in [-0.1, -0.05) is 25.3 Å². The molecule has 1 aromatic carbocycles. The Balaban J connectivity index is 1.64. The third kappa shape index (κ3) is 4.35. The first-order chi connectivity index (χ1) is 15.5. The smallest absolute Gasteiger partial charge is 0.254 e. The highest BCUT2D eigenvalue weighted by atomic mass is 16.5. The Labute approximate surface area is 189 Å². The summed E-state index contributed by atoms with van der Waals surface area (Å²) in [4.78, 5) is 24.2. The number of imidazole rings is 1. The highest BCUT2D eigenvalue weighted by Gasteiger charge is 2.29. The van der Waals surface area contributed by atoms with E-state index in [0.717, 1.165) is 23.9 Å². The summed E-state index contributed by atoms with van der Waals surface area (Å²) in [5.41, 5.74) is 3.00. The summed E-state index contributed by atoms with van der Waals surface area (Å²) >= 11 is 0. The standard InChI is InChI=1S/C25H32N4O3/c1-17(2)29(20-8-5-4-6-9-20)25(31)18-11-12-19(22(14-18)32-3)15-28-21-10-7-13-26-24(21)27-23(28)16-30/h7,10-14,17,20,30H,4-6,8-9,15-16H2,1-3H3. The minimum atomic E-state index is -0.181. The number of nitrogens with zero attached hydrogens (tertiary/aromatic N) is 4. The fourth-order valence-corrected chi connectivity index (χ4v) is 4.81. The van der Waals surface area contributed by atoms with Crippen molar-refractivity contribution < 1.29 is 14.6 Å². The summed E-state index contributed by atoms with van der Waals surface area (Å²) in [5, 5.41) is 9.79. The van der Waals surface area contributed by atoms with E-state index in [1.54, 1.807) is 13.3 Å². The van der Waals surface area contributed by atoms with Crippen LogP contribution in [-0.2, 0) is 13.2 Å². The Kier molecular flexibility index (Phi) is 6.74. The minimum Gasteiger partial charge on any atom is -0.496 e. The largest absolute Gasteiger partial charge is 0.496 e. The topological polar surface area (TPSA) is 80.5 Å². The van der Waals surface area contributed by atoms with Crippen LogP contribution in [0, 0.1) is 0 Å². The van der Waals surface area contributed by atoms with Crippen molar-refractivity contribution in [1.82, 2.24) is 19.4 Å². The van der Waals surface area contributed by atoms with E-state index in [2.05, 4.69) is 23.8 Å². The van der Waals surface area contributed by atoms with Crippen LogP contribution in [0.25, 0.3) is 11.2 Å². The number of aliphatic hydroxyl groups excluding tert-OH is 1. The van der Waals surface area contributed by atoms with Gasteiger partial charge in [0.1, 0.15) is 18.2 Å². The van der Waals surface area contributed by atoms with E-state index < -0.39 is 0 Å². The maximum Gasteiger partial charge on any atom is 0.254 e. The van der Waals surface area contributed by atoms with Gasteiger partial charge in [0.15, 0.2) is 5.65 Å². The number of methoxy groups -OCH3 is 1. The second kappa shape index (κ2) is 9.69. The molecule has 7 nitrogen and oxygen atoms in total. The Morgan fingerprint density at radius 2 is 2.03 bits per heavy atom. The number of carbonyl (C=O) groups excluding carboxylic acids is 1. The molecular weight excluding hydrogens is 404 g/mol. The molecule has 0 saturated heterocycles. The summed E-state index contributed by atoms with van der Waals surface area (Å²) in [6.07, 6.45) is 7.46. The molecule has 0 spiro atoms. The van der Waals surface area contributed by atoms with Gasteiger partial charge in [0.05, 0.1) is 19.2 Å². The van der Waals surface area contributed by atoms with Crippen LogP contribution >= 0.6 is 0 Å². The first-order valence-electron chi connectivity index (χ1n) is 11.4. The van der Waals surface area contributed by atoms with Gasteiger partial charge in [-0.2, -0.15) is 0 Å². The van der Waals surface area contributed by atoms with Crippen LogP contribution in [0.5, 0.6) is 5.75 Å². The molecule has 32 heavy (non-hydrogen) atoms. The van der Waals surface area contributed by atoms with E-state index in [-0.39, 0.29) is 18.6 Å². The lowest BCUT2D eigenvalue weighted by atomic mass is 9.92. The molecule has 0 aliphatic heterocycles. The van der Waals surface area contributed by atoms with Crippen molar-refractivity contribution in [3.8, 4) is 5.75 Å². The highest BCUT2D eigenvalue weighted by molar-refractivity contribution is 5.95. The SMILES string of the molecule is COc1cc(C(=O)N(C(C)C)C2CCCCC2)ccc1Cn1c(CO)nc2ncccc21. The van der Waals surface area contributed by atoms with Crippen molar-refractivity contribution in [1.29, 1.82) is 0 Å². The van der Waals surface area contributed by atoms with Crippen LogP contribution in [0.4, 0.5) is 0 Å². The van der Waals surface area contributed by atoms with Gasteiger partial charge in [-0.3, -0.25) is 4.79 Å². The van der Waals surface area contributed by atoms with Crippen LogP contribution < -0.4 is 4.74 Å². The van der Waals surface area contributed by atoms with Crippen molar-refractivity contribution in [3.05, 3.63) is 53.5 Å². The monoisotopic (exact) mass is 436 g/mol. The van der Waals surface area contributed by atoms with E-state index in [1.807, 2.05) is 39.8 Å². The predicted octanol–water partition coefficient (Wildman–Crippen LogP) is 4.16. The summed E-state index contributed by atoms with van der Waals surface area (Å²) < 4.78 is 7.61. The first-order valence-corrected chi connectivity index (χ1v) is 11.4. The zero-order valence-corrected chi connectivity index (χ0v) is 19.1. The minimum absolute atomic E-state index is 0.0603. The number of carbonyl (C=O) groups is 1. The third-order valence-electron chi connectivity index (χ3n) is 6.37. The van der Waals surface area contributed by atoms with Gasteiger partial charge in [0.2, 0.25) is 0 Å². The number of amides is 1. The van der Waals surface area contributed by atoms with E-state index in [0.29, 0.717) is 35.4 Å². The van der Waals surface area contributed by atoms with E-state index >= 15 is 0 Å². The van der Waals surface area contributed by atoms with Gasteiger partial charge in [-0.05, 0) is 51.0 Å². The number of benzene rings is 1. The van der Waals surface area contributed by atoms with Gasteiger partial charge in [-0.25, -0.2) is 9.97 Å². The second-order valence-electron chi connectivity index (χ2n) is 8.74. The quantitative estimate of drug-likeness (QED) is 0.601. The number of ether oxygens (including phenoxy) is 1. The highest BCUT2D eigenvalue weighted by Crippen LogP contribution is 2.29. The van der Waals surface area contributed by atoms with Crippen molar-refractivity contribution >= 4 is 17.1 Å². The van der Waals surface area contributed by atoms with E-state index in [9.17, 15) is 9.90 Å². The van der Waals surface area contributed by atoms with Gasteiger partial charge >= 0.3 is 0 Å². The van der Waals surface area contributed by atoms with Crippen molar-refractivity contribution in [2.75, 3.05) is 7.11 Å². The van der Waals surface area contributed by atoms with Gasteiger partial charge in [-0.15, -0.1) is 0 Å². The van der Waals surface area contributed by atoms with Crippen LogP contribution in [0.3, 0.4) is 0 Å². The lowest BCUT2D eigenvalue weighted by molar-refractivity contribution is 0.0555. The molecule has 7 heteroatoms. The van der Waals surface area contributed by atoms with E-state index in [4.69, 9.17) is 4.74 Å². The molecule has 1 aliphatic carbocycles. The van der Waals surface area contributed by atoms with E-state index in [1.165, 1.54) is 19.3 Å². The predicted molar refractivity (Wildman–Crippen MR) is 124 cm³/mol. The number of pyridine rings is 1. The Morgan fingerprint density at radius 3 is 2.72 bits per heavy atom. The lowest BCUT2D eigenvalue weighted by Gasteiger charge is -2.37. The first kappa shape index (κ1) is 22.3. The zero-order valence-electron chi connectivity index (χ0n) is 19.1. The molecule has 170 valence electrons. The van der Waals surface area contributed by atoms with Gasteiger partial charge in [0.25, 0.3) is 5.91 Å². The summed E-state index contributed by atoms with van der Waals surface area (Å²) in [7, 11) is 1.62. The second-order valence-corrected chi connectivity index (χ2v) is 8.74. The van der Waals surface area contributed by atoms with Crippen LogP contribution in [0.2, 0.25) is 0 Å². The number of aliphatic hydroxyl groups is 1. The average molecular weight is 437 g/mol. The van der Waals surface area contributed by atoms with Crippen LogP contribution in [-0.4, -0.2) is 49.6 Å². The molecule has 0 bridgehead atoms. The lowest BCUT2D eigenvalue weighted by Crippen LogP contribution is -2.45. The fraction of sp³-hybridized carbons (Fsp3) is 0.480. The Morgan fingerprint density at radius 1 is 1.25 bits per heavy atom. The van der Waals surface area contributed by atoms with Crippen LogP contribution in [0.1, 0.15) is 67.7 Å². The van der Waals surface area contributed by atoms with Crippen LogP contribution in [0.15, 0.2) is 36.5 Å². The summed E-state index contributed by atoms with van der Waals surface area (Å²) in [6, 6.07) is 9.90. The molecule has 3 aromatic rings.